The third kappa shape index (κ3) is 2.75. The number of anilines is 1. The van der Waals surface area contributed by atoms with Crippen LogP contribution in [-0.2, 0) is 0 Å². The van der Waals surface area contributed by atoms with Gasteiger partial charge < -0.3 is 0 Å². The highest BCUT2D eigenvalue weighted by molar-refractivity contribution is 6.52. The van der Waals surface area contributed by atoms with E-state index in [1.54, 1.807) is 18.2 Å². The third-order valence-corrected chi connectivity index (χ3v) is 2.29. The Kier molecular flexibility index (Phi) is 5.46. The lowest BCUT2D eigenvalue weighted by atomic mass is 10.3. The highest BCUT2D eigenvalue weighted by Crippen LogP contribution is 2.33. The second kappa shape index (κ2) is 5.25. The quantitative estimate of drug-likeness (QED) is 0.676. The van der Waals surface area contributed by atoms with Crippen molar-refractivity contribution in [1.82, 2.24) is 0 Å². The Morgan fingerprint density at radius 3 is 2.08 bits per heavy atom. The maximum absolute atomic E-state index is 5.75. The average molecular weight is 267 g/mol. The molecule has 0 atom stereocenters. The first-order chi connectivity index (χ1) is 5.13. The van der Waals surface area contributed by atoms with Crippen LogP contribution in [0, 0.1) is 0 Å². The van der Waals surface area contributed by atoms with Crippen LogP contribution in [0.2, 0.25) is 10.0 Å². The summed E-state index contributed by atoms with van der Waals surface area (Å²) >= 11 is 22.3. The van der Waals surface area contributed by atoms with Crippen LogP contribution < -0.4 is 3.94 Å². The van der Waals surface area contributed by atoms with E-state index in [2.05, 4.69) is 0 Å². The van der Waals surface area contributed by atoms with Gasteiger partial charge in [-0.2, -0.15) is 3.94 Å². The van der Waals surface area contributed by atoms with Crippen LogP contribution in [0.4, 0.5) is 5.69 Å². The number of nitrogens with zero attached hydrogens (tertiary/aromatic N) is 1. The van der Waals surface area contributed by atoms with Gasteiger partial charge in [0, 0.05) is 23.6 Å². The lowest BCUT2D eigenvalue weighted by molar-refractivity contribution is 1.58. The number of rotatable bonds is 1. The molecule has 1 aromatic rings. The van der Waals surface area contributed by atoms with E-state index in [-0.39, 0.29) is 12.4 Å². The van der Waals surface area contributed by atoms with Crippen molar-refractivity contribution in [3.05, 3.63) is 28.2 Å². The van der Waals surface area contributed by atoms with Crippen molar-refractivity contribution < 1.29 is 0 Å². The highest BCUT2D eigenvalue weighted by atomic mass is 35.5. The van der Waals surface area contributed by atoms with Gasteiger partial charge in [-0.1, -0.05) is 29.3 Å². The van der Waals surface area contributed by atoms with Crippen LogP contribution in [0.5, 0.6) is 0 Å². The molecule has 0 fully saturated rings. The van der Waals surface area contributed by atoms with Gasteiger partial charge in [0.25, 0.3) is 0 Å². The Morgan fingerprint density at radius 1 is 1.08 bits per heavy atom. The fourth-order valence-electron chi connectivity index (χ4n) is 0.623. The minimum atomic E-state index is 0. The van der Waals surface area contributed by atoms with Crippen molar-refractivity contribution in [3.63, 3.8) is 0 Å². The molecule has 0 spiro atoms. The molecule has 1 nitrogen and oxygen atoms in total. The largest absolute Gasteiger partial charge is 0.192 e. The van der Waals surface area contributed by atoms with Crippen molar-refractivity contribution in [2.45, 2.75) is 0 Å². The van der Waals surface area contributed by atoms with Crippen molar-refractivity contribution in [2.24, 2.45) is 0 Å². The zero-order chi connectivity index (χ0) is 8.43. The Balaban J connectivity index is 0.00000121. The molecule has 68 valence electrons. The normalized spacial score (nSPS) is 9.00. The van der Waals surface area contributed by atoms with E-state index in [1.807, 2.05) is 0 Å². The van der Waals surface area contributed by atoms with Gasteiger partial charge >= 0.3 is 0 Å². The molecule has 1 rings (SSSR count). The first-order valence-electron chi connectivity index (χ1n) is 2.68. The maximum Gasteiger partial charge on any atom is 0.0911 e. The Hall–Kier alpha value is 0.470. The second-order valence-corrected chi connectivity index (χ2v) is 3.44. The Labute approximate surface area is 96.8 Å². The lowest BCUT2D eigenvalue weighted by Crippen LogP contribution is -1.92. The van der Waals surface area contributed by atoms with Crippen LogP contribution in [0.3, 0.4) is 0 Å². The van der Waals surface area contributed by atoms with Gasteiger partial charge in [0.2, 0.25) is 0 Å². The van der Waals surface area contributed by atoms with E-state index in [4.69, 9.17) is 46.8 Å². The molecule has 0 aliphatic rings. The van der Waals surface area contributed by atoms with Gasteiger partial charge in [-0.15, -0.1) is 12.4 Å². The van der Waals surface area contributed by atoms with Gasteiger partial charge in [-0.3, -0.25) is 0 Å². The summed E-state index contributed by atoms with van der Waals surface area (Å²) in [6, 6.07) is 5.03. The molecule has 0 amide bonds. The van der Waals surface area contributed by atoms with E-state index in [1.165, 1.54) is 0 Å². The molecule has 0 saturated heterocycles. The van der Waals surface area contributed by atoms with E-state index in [0.29, 0.717) is 15.7 Å². The van der Waals surface area contributed by atoms with Crippen LogP contribution in [0.25, 0.3) is 0 Å². The SMILES string of the molecule is Cl.Clc1cccc(N(Cl)Cl)c1Cl. The number of halogens is 5. The summed E-state index contributed by atoms with van der Waals surface area (Å²) in [4.78, 5) is 0. The first kappa shape index (κ1) is 12.5. The lowest BCUT2D eigenvalue weighted by Gasteiger charge is -2.07. The maximum atomic E-state index is 5.75. The summed E-state index contributed by atoms with van der Waals surface area (Å²) in [5.74, 6) is 0. The average Bonchev–Trinajstić information content (AvgIpc) is 1.94. The molecule has 6 heteroatoms. The van der Waals surface area contributed by atoms with Crippen LogP contribution in [-0.4, -0.2) is 0 Å². The van der Waals surface area contributed by atoms with Gasteiger partial charge in [0.15, 0.2) is 0 Å². The smallest absolute Gasteiger partial charge is 0.0911 e. The zero-order valence-electron chi connectivity index (χ0n) is 5.60. The fraction of sp³-hybridized carbons (Fsp3) is 0. The molecular weight excluding hydrogens is 263 g/mol. The predicted octanol–water partition coefficient (Wildman–Crippen LogP) is 4.53. The molecule has 0 aliphatic heterocycles. The molecule has 0 bridgehead atoms. The van der Waals surface area contributed by atoms with Gasteiger partial charge in [-0.05, 0) is 12.1 Å². The third-order valence-electron chi connectivity index (χ3n) is 1.11. The second-order valence-electron chi connectivity index (χ2n) is 1.81. The van der Waals surface area contributed by atoms with Crippen molar-refractivity contribution in [1.29, 1.82) is 0 Å². The minimum absolute atomic E-state index is 0. The predicted molar refractivity (Wildman–Crippen MR) is 57.9 cm³/mol. The summed E-state index contributed by atoms with van der Waals surface area (Å²) in [6.07, 6.45) is 0. The van der Waals surface area contributed by atoms with Crippen LogP contribution in [0.15, 0.2) is 18.2 Å². The van der Waals surface area contributed by atoms with Crippen molar-refractivity contribution in [2.75, 3.05) is 3.94 Å². The van der Waals surface area contributed by atoms with Crippen molar-refractivity contribution in [3.8, 4) is 0 Å². The monoisotopic (exact) mass is 265 g/mol. The van der Waals surface area contributed by atoms with Crippen molar-refractivity contribution >= 4 is 64.8 Å². The van der Waals surface area contributed by atoms with E-state index >= 15 is 0 Å². The van der Waals surface area contributed by atoms with E-state index in [9.17, 15) is 0 Å². The molecule has 0 heterocycles. The van der Waals surface area contributed by atoms with E-state index in [0.717, 1.165) is 3.94 Å². The molecule has 1 aromatic carbocycles. The highest BCUT2D eigenvalue weighted by Gasteiger charge is 2.07. The molecule has 0 aromatic heterocycles. The summed E-state index contributed by atoms with van der Waals surface area (Å²) in [6.45, 7) is 0. The van der Waals surface area contributed by atoms with Gasteiger partial charge in [0.1, 0.15) is 0 Å². The Morgan fingerprint density at radius 2 is 1.67 bits per heavy atom. The van der Waals surface area contributed by atoms with Gasteiger partial charge in [0.05, 0.1) is 15.7 Å². The molecule has 12 heavy (non-hydrogen) atoms. The Bertz CT molecular complexity index is 262. The summed E-state index contributed by atoms with van der Waals surface area (Å²) in [7, 11) is 0. The topological polar surface area (TPSA) is 3.24 Å². The number of hydrogen-bond acceptors (Lipinski definition) is 1. The number of hydrogen-bond donors (Lipinski definition) is 0. The molecule has 0 aliphatic carbocycles. The van der Waals surface area contributed by atoms with Gasteiger partial charge in [-0.25, -0.2) is 0 Å². The molecule has 0 N–H and O–H groups in total. The summed E-state index contributed by atoms with van der Waals surface area (Å²) in [5, 5.41) is 0.773. The van der Waals surface area contributed by atoms with E-state index < -0.39 is 0 Å². The number of benzene rings is 1. The first-order valence-corrected chi connectivity index (χ1v) is 4.12. The van der Waals surface area contributed by atoms with Crippen LogP contribution >= 0.6 is 59.2 Å². The molecule has 0 saturated carbocycles. The standard InChI is InChI=1S/C6H3Cl4N.ClH/c7-4-2-1-3-5(6(4)8)11(9)10;/h1-3H;1H. The van der Waals surface area contributed by atoms with Crippen LogP contribution in [0.1, 0.15) is 0 Å². The minimum Gasteiger partial charge on any atom is -0.192 e. The molecular formula is C6H4Cl5N. The summed E-state index contributed by atoms with van der Waals surface area (Å²) in [5.41, 5.74) is 0.475. The zero-order valence-corrected chi connectivity index (χ0v) is 9.44. The molecule has 0 unspecified atom stereocenters. The molecule has 0 radical (unpaired) electrons. The fourth-order valence-corrected chi connectivity index (χ4v) is 1.37. The summed E-state index contributed by atoms with van der Waals surface area (Å²) < 4.78 is 0.869.